The first-order chi connectivity index (χ1) is 12.2. The van der Waals surface area contributed by atoms with E-state index in [4.69, 9.17) is 14.6 Å². The van der Waals surface area contributed by atoms with E-state index in [2.05, 4.69) is 10.3 Å². The van der Waals surface area contributed by atoms with E-state index < -0.39 is 18.3 Å². The zero-order valence-corrected chi connectivity index (χ0v) is 13.9. The van der Waals surface area contributed by atoms with E-state index in [1.807, 2.05) is 28.8 Å². The van der Waals surface area contributed by atoms with Crippen LogP contribution in [-0.4, -0.2) is 70.3 Å². The first-order valence-electron chi connectivity index (χ1n) is 8.37. The molecule has 1 aromatic carbocycles. The number of hydrogen-bond donors (Lipinski definition) is 3. The first kappa shape index (κ1) is 17.8. The number of hydrogen-bond acceptors (Lipinski definition) is 6. The number of carbonyl (C=O) groups excluding carboxylic acids is 1. The predicted molar refractivity (Wildman–Crippen MR) is 89.9 cm³/mol. The van der Waals surface area contributed by atoms with Crippen LogP contribution < -0.4 is 5.32 Å². The largest absolute Gasteiger partial charge is 0.394 e. The molecule has 2 aromatic rings. The van der Waals surface area contributed by atoms with Crippen LogP contribution in [0.15, 0.2) is 30.6 Å². The molecule has 8 nitrogen and oxygen atoms in total. The van der Waals surface area contributed by atoms with Crippen molar-refractivity contribution >= 4 is 16.9 Å². The summed E-state index contributed by atoms with van der Waals surface area (Å²) >= 11 is 0. The second kappa shape index (κ2) is 8.39. The molecule has 0 aliphatic carbocycles. The van der Waals surface area contributed by atoms with Crippen molar-refractivity contribution in [1.82, 2.24) is 14.9 Å². The molecular weight excluding hydrogens is 326 g/mol. The fourth-order valence-corrected chi connectivity index (χ4v) is 2.86. The summed E-state index contributed by atoms with van der Waals surface area (Å²) in [6, 6.07) is 7.84. The number of fused-ring (bicyclic) bond motifs is 1. The Morgan fingerprint density at radius 2 is 2.28 bits per heavy atom. The van der Waals surface area contributed by atoms with Gasteiger partial charge in [-0.05, 0) is 12.1 Å². The van der Waals surface area contributed by atoms with Crippen LogP contribution in [0.4, 0.5) is 0 Å². The normalized spacial score (nSPS) is 23.2. The Balaban J connectivity index is 1.35. The van der Waals surface area contributed by atoms with E-state index in [-0.39, 0.29) is 32.1 Å². The molecule has 1 aromatic heterocycles. The van der Waals surface area contributed by atoms with E-state index in [9.17, 15) is 9.90 Å². The summed E-state index contributed by atoms with van der Waals surface area (Å²) in [4.78, 5) is 16.2. The van der Waals surface area contributed by atoms with E-state index in [1.54, 1.807) is 6.33 Å². The quantitative estimate of drug-likeness (QED) is 0.603. The van der Waals surface area contributed by atoms with Crippen molar-refractivity contribution in [1.29, 1.82) is 0 Å². The first-order valence-corrected chi connectivity index (χ1v) is 8.37. The lowest BCUT2D eigenvalue weighted by atomic mass is 10.1. The third-order valence-electron chi connectivity index (χ3n) is 4.28. The average molecular weight is 349 g/mol. The minimum atomic E-state index is -0.859. The molecule has 3 N–H and O–H groups in total. The molecule has 0 bridgehead atoms. The van der Waals surface area contributed by atoms with Crippen molar-refractivity contribution in [2.45, 2.75) is 31.3 Å². The molecule has 1 aliphatic heterocycles. The highest BCUT2D eigenvalue weighted by atomic mass is 16.6. The lowest BCUT2D eigenvalue weighted by Crippen LogP contribution is -2.35. The van der Waals surface area contributed by atoms with Crippen molar-refractivity contribution in [3.63, 3.8) is 0 Å². The van der Waals surface area contributed by atoms with Crippen molar-refractivity contribution < 1.29 is 24.5 Å². The van der Waals surface area contributed by atoms with Crippen LogP contribution in [0.25, 0.3) is 11.0 Å². The van der Waals surface area contributed by atoms with Gasteiger partial charge in [0.15, 0.2) is 0 Å². The van der Waals surface area contributed by atoms with Gasteiger partial charge in [-0.2, -0.15) is 0 Å². The van der Waals surface area contributed by atoms with Gasteiger partial charge < -0.3 is 29.6 Å². The standard InChI is InChI=1S/C17H23N3O5/c21-9-14-17(23)15(10-25-14)24-8-5-16(22)18-6-7-20-11-19-12-3-1-2-4-13(12)20/h1-4,11,14-15,17,21,23H,5-10H2,(H,18,22)/t14-,15?,17+/m1/s1. The zero-order chi connectivity index (χ0) is 17.6. The van der Waals surface area contributed by atoms with E-state index in [0.29, 0.717) is 13.1 Å². The number of amides is 1. The summed E-state index contributed by atoms with van der Waals surface area (Å²) in [5.74, 6) is -0.114. The van der Waals surface area contributed by atoms with Crippen molar-refractivity contribution in [3.05, 3.63) is 30.6 Å². The topological polar surface area (TPSA) is 106 Å². The van der Waals surface area contributed by atoms with E-state index >= 15 is 0 Å². The van der Waals surface area contributed by atoms with Crippen LogP contribution in [0.3, 0.4) is 0 Å². The lowest BCUT2D eigenvalue weighted by Gasteiger charge is -2.16. The van der Waals surface area contributed by atoms with Gasteiger partial charge in [-0.1, -0.05) is 12.1 Å². The van der Waals surface area contributed by atoms with Crippen LogP contribution in [-0.2, 0) is 20.8 Å². The number of aliphatic hydroxyl groups is 2. The summed E-state index contributed by atoms with van der Waals surface area (Å²) in [6.45, 7) is 1.32. The van der Waals surface area contributed by atoms with Gasteiger partial charge in [0.25, 0.3) is 0 Å². The molecule has 1 amide bonds. The molecule has 2 heterocycles. The molecule has 3 rings (SSSR count). The van der Waals surface area contributed by atoms with Crippen molar-refractivity contribution in [2.75, 3.05) is 26.4 Å². The molecule has 1 unspecified atom stereocenters. The Labute approximate surface area is 145 Å². The average Bonchev–Trinajstić information content (AvgIpc) is 3.19. The number of para-hydroxylation sites is 2. The fraction of sp³-hybridized carbons (Fsp3) is 0.529. The number of nitrogens with zero attached hydrogens (tertiary/aromatic N) is 2. The van der Waals surface area contributed by atoms with E-state index in [0.717, 1.165) is 11.0 Å². The van der Waals surface area contributed by atoms with Crippen LogP contribution >= 0.6 is 0 Å². The number of rotatable bonds is 8. The maximum absolute atomic E-state index is 11.9. The number of aromatic nitrogens is 2. The Hall–Kier alpha value is -2.00. The maximum atomic E-state index is 11.9. The molecule has 0 spiro atoms. The summed E-state index contributed by atoms with van der Waals surface area (Å²) in [6.07, 6.45) is 0.00474. The van der Waals surface area contributed by atoms with Gasteiger partial charge in [-0.25, -0.2) is 4.98 Å². The van der Waals surface area contributed by atoms with Gasteiger partial charge in [-0.3, -0.25) is 4.79 Å². The second-order valence-electron chi connectivity index (χ2n) is 5.98. The monoisotopic (exact) mass is 349 g/mol. The minimum absolute atomic E-state index is 0.114. The highest BCUT2D eigenvalue weighted by Crippen LogP contribution is 2.17. The Morgan fingerprint density at radius 1 is 1.44 bits per heavy atom. The maximum Gasteiger partial charge on any atom is 0.222 e. The molecule has 136 valence electrons. The van der Waals surface area contributed by atoms with E-state index in [1.165, 1.54) is 0 Å². The molecule has 25 heavy (non-hydrogen) atoms. The third kappa shape index (κ3) is 4.35. The van der Waals surface area contributed by atoms with Crippen molar-refractivity contribution in [3.8, 4) is 0 Å². The summed E-state index contributed by atoms with van der Waals surface area (Å²) < 4.78 is 12.7. The number of benzene rings is 1. The molecular formula is C17H23N3O5. The summed E-state index contributed by atoms with van der Waals surface area (Å²) in [5, 5.41) is 21.7. The summed E-state index contributed by atoms with van der Waals surface area (Å²) in [7, 11) is 0. The third-order valence-corrected chi connectivity index (χ3v) is 4.28. The molecule has 8 heteroatoms. The van der Waals surface area contributed by atoms with Gasteiger partial charge in [-0.15, -0.1) is 0 Å². The lowest BCUT2D eigenvalue weighted by molar-refractivity contribution is -0.123. The highest BCUT2D eigenvalue weighted by Gasteiger charge is 2.36. The molecule has 0 radical (unpaired) electrons. The van der Waals surface area contributed by atoms with Crippen LogP contribution in [0.1, 0.15) is 6.42 Å². The van der Waals surface area contributed by atoms with Gasteiger partial charge in [0, 0.05) is 19.5 Å². The number of carbonyl (C=O) groups is 1. The molecule has 3 atom stereocenters. The van der Waals surface area contributed by atoms with Gasteiger partial charge in [0.05, 0.1) is 37.2 Å². The van der Waals surface area contributed by atoms with Crippen LogP contribution in [0.5, 0.6) is 0 Å². The number of imidazole rings is 1. The fourth-order valence-electron chi connectivity index (χ4n) is 2.86. The number of aliphatic hydroxyl groups excluding tert-OH is 2. The number of ether oxygens (including phenoxy) is 2. The molecule has 0 saturated carbocycles. The zero-order valence-electron chi connectivity index (χ0n) is 13.9. The Kier molecular flexibility index (Phi) is 5.98. The van der Waals surface area contributed by atoms with Gasteiger partial charge in [0.1, 0.15) is 18.3 Å². The highest BCUT2D eigenvalue weighted by molar-refractivity contribution is 5.76. The molecule has 1 aliphatic rings. The Morgan fingerprint density at radius 3 is 3.08 bits per heavy atom. The molecule has 1 saturated heterocycles. The van der Waals surface area contributed by atoms with Crippen LogP contribution in [0.2, 0.25) is 0 Å². The Bertz CT molecular complexity index is 704. The van der Waals surface area contributed by atoms with Gasteiger partial charge in [0.2, 0.25) is 5.91 Å². The number of nitrogens with one attached hydrogen (secondary N) is 1. The summed E-state index contributed by atoms with van der Waals surface area (Å²) in [5.41, 5.74) is 1.97. The van der Waals surface area contributed by atoms with Gasteiger partial charge >= 0.3 is 0 Å². The SMILES string of the molecule is O=C(CCOC1CO[C@H](CO)[C@@H]1O)NCCn1cnc2ccccc21. The second-order valence-corrected chi connectivity index (χ2v) is 5.98. The smallest absolute Gasteiger partial charge is 0.222 e. The molecule has 1 fully saturated rings. The minimum Gasteiger partial charge on any atom is -0.394 e. The van der Waals surface area contributed by atoms with Crippen molar-refractivity contribution in [2.24, 2.45) is 0 Å². The predicted octanol–water partition coefficient (Wildman–Crippen LogP) is -0.320. The van der Waals surface area contributed by atoms with Crippen LogP contribution in [0, 0.1) is 0 Å².